The maximum atomic E-state index is 11.4. The molecule has 2 aromatic heterocycles. The number of carbonyl (C=O) groups excluding carboxylic acids is 1. The molecule has 20 heavy (non-hydrogen) atoms. The second kappa shape index (κ2) is 5.63. The first-order chi connectivity index (χ1) is 9.83. The maximum Gasteiger partial charge on any atom is 0.170 e. The van der Waals surface area contributed by atoms with Gasteiger partial charge in [0.1, 0.15) is 11.3 Å². The normalized spacial score (nSPS) is 19.4. The molecule has 0 saturated carbocycles. The summed E-state index contributed by atoms with van der Waals surface area (Å²) in [5.41, 5.74) is 1.42. The van der Waals surface area contributed by atoms with Crippen molar-refractivity contribution in [1.29, 1.82) is 0 Å². The van der Waals surface area contributed by atoms with Gasteiger partial charge in [0.25, 0.3) is 0 Å². The van der Waals surface area contributed by atoms with Crippen LogP contribution in [0.4, 0.5) is 5.82 Å². The van der Waals surface area contributed by atoms with Crippen molar-refractivity contribution in [2.24, 2.45) is 5.92 Å². The number of hydrogen-bond donors (Lipinski definition) is 1. The number of piperidine rings is 1. The first-order valence-corrected chi connectivity index (χ1v) is 7.11. The molecule has 1 unspecified atom stereocenters. The molecule has 1 N–H and O–H groups in total. The van der Waals surface area contributed by atoms with Gasteiger partial charge >= 0.3 is 0 Å². The van der Waals surface area contributed by atoms with Gasteiger partial charge in [0.15, 0.2) is 12.1 Å². The van der Waals surface area contributed by atoms with Crippen molar-refractivity contribution < 1.29 is 9.90 Å². The van der Waals surface area contributed by atoms with Gasteiger partial charge in [0, 0.05) is 25.9 Å². The minimum atomic E-state index is 0.226. The van der Waals surface area contributed by atoms with Crippen LogP contribution in [0.5, 0.6) is 0 Å². The Kier molecular flexibility index (Phi) is 3.69. The summed E-state index contributed by atoms with van der Waals surface area (Å²) in [6, 6.07) is 5.73. The second-order valence-corrected chi connectivity index (χ2v) is 5.33. The van der Waals surface area contributed by atoms with Crippen molar-refractivity contribution in [3.8, 4) is 0 Å². The van der Waals surface area contributed by atoms with Crippen LogP contribution in [0, 0.1) is 5.92 Å². The van der Waals surface area contributed by atoms with Crippen LogP contribution in [0.2, 0.25) is 0 Å². The summed E-state index contributed by atoms with van der Waals surface area (Å²) in [6.45, 7) is 2.02. The Labute approximate surface area is 117 Å². The molecule has 0 radical (unpaired) electrons. The summed E-state index contributed by atoms with van der Waals surface area (Å²) in [5.74, 6) is 1.26. The van der Waals surface area contributed by atoms with Gasteiger partial charge in [-0.3, -0.25) is 9.20 Å². The molecule has 0 aliphatic carbocycles. The van der Waals surface area contributed by atoms with Crippen molar-refractivity contribution in [2.75, 3.05) is 24.6 Å². The average Bonchev–Trinajstić information content (AvgIpc) is 2.86. The predicted octanol–water partition coefficient (Wildman–Crippen LogP) is 1.75. The number of imidazole rings is 1. The number of nitrogens with zero attached hydrogens (tertiary/aromatic N) is 3. The lowest BCUT2D eigenvalue weighted by molar-refractivity contribution is 0.111. The Hall–Kier alpha value is -1.88. The molecule has 3 heterocycles. The number of aliphatic hydroxyl groups is 1. The number of pyridine rings is 1. The molecule has 0 bridgehead atoms. The van der Waals surface area contributed by atoms with Gasteiger partial charge in [-0.15, -0.1) is 0 Å². The molecule has 5 heteroatoms. The molecule has 1 saturated heterocycles. The van der Waals surface area contributed by atoms with E-state index < -0.39 is 0 Å². The van der Waals surface area contributed by atoms with E-state index in [9.17, 15) is 4.79 Å². The van der Waals surface area contributed by atoms with Gasteiger partial charge in [-0.05, 0) is 37.3 Å². The minimum absolute atomic E-state index is 0.226. The largest absolute Gasteiger partial charge is 0.396 e. The van der Waals surface area contributed by atoms with Crippen molar-refractivity contribution in [1.82, 2.24) is 9.38 Å². The fourth-order valence-corrected chi connectivity index (χ4v) is 3.02. The van der Waals surface area contributed by atoms with Crippen molar-refractivity contribution in [3.63, 3.8) is 0 Å². The number of anilines is 1. The third kappa shape index (κ3) is 2.29. The van der Waals surface area contributed by atoms with Crippen LogP contribution >= 0.6 is 0 Å². The number of aldehydes is 1. The van der Waals surface area contributed by atoms with Crippen molar-refractivity contribution >= 4 is 17.8 Å². The molecule has 3 rings (SSSR count). The van der Waals surface area contributed by atoms with Crippen LogP contribution in [0.1, 0.15) is 29.8 Å². The third-order valence-corrected chi connectivity index (χ3v) is 4.01. The molecule has 0 amide bonds. The Balaban J connectivity index is 1.94. The Morgan fingerprint density at radius 3 is 3.15 bits per heavy atom. The maximum absolute atomic E-state index is 11.4. The van der Waals surface area contributed by atoms with Gasteiger partial charge in [-0.25, -0.2) is 4.98 Å². The van der Waals surface area contributed by atoms with Crippen molar-refractivity contribution in [3.05, 3.63) is 30.1 Å². The van der Waals surface area contributed by atoms with Gasteiger partial charge in [-0.2, -0.15) is 0 Å². The summed E-state index contributed by atoms with van der Waals surface area (Å²) in [6.07, 6.45) is 5.79. The highest BCUT2D eigenvalue weighted by Gasteiger charge is 2.24. The highest BCUT2D eigenvalue weighted by Crippen LogP contribution is 2.27. The van der Waals surface area contributed by atoms with E-state index in [2.05, 4.69) is 9.88 Å². The summed E-state index contributed by atoms with van der Waals surface area (Å²) < 4.78 is 1.83. The molecule has 5 nitrogen and oxygen atoms in total. The standard InChI is InChI=1S/C15H19N3O2/c19-9-6-12-4-3-7-17(10-12)15-13(11-20)18-8-2-1-5-14(18)16-15/h1-2,5,8,11-12,19H,3-4,6-7,9-10H2. The fraction of sp³-hybridized carbons (Fsp3) is 0.467. The van der Waals surface area contributed by atoms with Crippen LogP contribution < -0.4 is 4.90 Å². The molecule has 0 aromatic carbocycles. The monoisotopic (exact) mass is 273 g/mol. The van der Waals surface area contributed by atoms with E-state index in [4.69, 9.17) is 5.11 Å². The van der Waals surface area contributed by atoms with Gasteiger partial charge < -0.3 is 10.0 Å². The first-order valence-electron chi connectivity index (χ1n) is 7.11. The number of aromatic nitrogens is 2. The zero-order chi connectivity index (χ0) is 13.9. The lowest BCUT2D eigenvalue weighted by Crippen LogP contribution is -2.36. The fourth-order valence-electron chi connectivity index (χ4n) is 3.02. The second-order valence-electron chi connectivity index (χ2n) is 5.33. The topological polar surface area (TPSA) is 57.8 Å². The highest BCUT2D eigenvalue weighted by atomic mass is 16.3. The number of rotatable bonds is 4. The Bertz CT molecular complexity index is 606. The van der Waals surface area contributed by atoms with Gasteiger partial charge in [-0.1, -0.05) is 6.07 Å². The first kappa shape index (κ1) is 13.1. The number of carbonyl (C=O) groups is 1. The smallest absolute Gasteiger partial charge is 0.170 e. The zero-order valence-electron chi connectivity index (χ0n) is 11.4. The Morgan fingerprint density at radius 2 is 2.35 bits per heavy atom. The van der Waals surface area contributed by atoms with Crippen LogP contribution in [0.25, 0.3) is 5.65 Å². The Morgan fingerprint density at radius 1 is 1.45 bits per heavy atom. The summed E-state index contributed by atoms with van der Waals surface area (Å²) in [5, 5.41) is 9.10. The molecule has 106 valence electrons. The SMILES string of the molecule is O=Cc1c(N2CCCC(CCO)C2)nc2ccccn12. The summed E-state index contributed by atoms with van der Waals surface area (Å²) in [7, 11) is 0. The molecule has 1 aliphatic heterocycles. The third-order valence-electron chi connectivity index (χ3n) is 4.01. The van der Waals surface area contributed by atoms with E-state index in [0.29, 0.717) is 11.6 Å². The minimum Gasteiger partial charge on any atom is -0.396 e. The lowest BCUT2D eigenvalue weighted by atomic mass is 9.95. The number of hydrogen-bond acceptors (Lipinski definition) is 4. The predicted molar refractivity (Wildman–Crippen MR) is 77.2 cm³/mol. The summed E-state index contributed by atoms with van der Waals surface area (Å²) in [4.78, 5) is 18.2. The van der Waals surface area contributed by atoms with E-state index in [1.165, 1.54) is 0 Å². The average molecular weight is 273 g/mol. The van der Waals surface area contributed by atoms with Crippen molar-refractivity contribution in [2.45, 2.75) is 19.3 Å². The molecule has 0 spiro atoms. The van der Waals surface area contributed by atoms with Gasteiger partial charge in [0.05, 0.1) is 0 Å². The molecular weight excluding hydrogens is 254 g/mol. The van der Waals surface area contributed by atoms with E-state index in [-0.39, 0.29) is 6.61 Å². The van der Waals surface area contributed by atoms with Crippen LogP contribution in [-0.4, -0.2) is 40.5 Å². The van der Waals surface area contributed by atoms with E-state index in [0.717, 1.165) is 50.1 Å². The quantitative estimate of drug-likeness (QED) is 0.862. The summed E-state index contributed by atoms with van der Waals surface area (Å²) >= 11 is 0. The zero-order valence-corrected chi connectivity index (χ0v) is 11.4. The van der Waals surface area contributed by atoms with E-state index in [1.807, 2.05) is 28.8 Å². The van der Waals surface area contributed by atoms with Crippen LogP contribution in [0.15, 0.2) is 24.4 Å². The number of fused-ring (bicyclic) bond motifs is 1. The van der Waals surface area contributed by atoms with E-state index >= 15 is 0 Å². The van der Waals surface area contributed by atoms with Gasteiger partial charge in [0.2, 0.25) is 0 Å². The van der Waals surface area contributed by atoms with Crippen LogP contribution in [0.3, 0.4) is 0 Å². The highest BCUT2D eigenvalue weighted by molar-refractivity contribution is 5.83. The lowest BCUT2D eigenvalue weighted by Gasteiger charge is -2.33. The molecule has 1 fully saturated rings. The molecule has 2 aromatic rings. The van der Waals surface area contributed by atoms with Crippen LogP contribution in [-0.2, 0) is 0 Å². The molecular formula is C15H19N3O2. The van der Waals surface area contributed by atoms with E-state index in [1.54, 1.807) is 0 Å². The molecule has 1 aliphatic rings. The number of aliphatic hydroxyl groups excluding tert-OH is 1. The molecule has 1 atom stereocenters.